The molecule has 3 N–H and O–H groups in total. The maximum Gasteiger partial charge on any atom is 0.0671 e. The summed E-state index contributed by atoms with van der Waals surface area (Å²) >= 11 is 0. The van der Waals surface area contributed by atoms with Crippen LogP contribution in [0.25, 0.3) is 0 Å². The van der Waals surface area contributed by atoms with Gasteiger partial charge >= 0.3 is 0 Å². The van der Waals surface area contributed by atoms with Crippen molar-refractivity contribution in [2.45, 2.75) is 38.8 Å². The van der Waals surface area contributed by atoms with Crippen LogP contribution in [0.2, 0.25) is 0 Å². The van der Waals surface area contributed by atoms with Crippen molar-refractivity contribution in [3.05, 3.63) is 0 Å². The molecule has 2 atom stereocenters. The fourth-order valence-corrected chi connectivity index (χ4v) is 1.49. The van der Waals surface area contributed by atoms with Gasteiger partial charge in [-0.05, 0) is 33.2 Å². The highest BCUT2D eigenvalue weighted by Crippen LogP contribution is 1.98. The van der Waals surface area contributed by atoms with Crippen LogP contribution in [0, 0.1) is 0 Å². The summed E-state index contributed by atoms with van der Waals surface area (Å²) in [7, 11) is 1.73. The Kier molecular flexibility index (Phi) is 10.3. The Labute approximate surface area is 93.5 Å². The lowest BCUT2D eigenvalue weighted by molar-refractivity contribution is 0.0690. The van der Waals surface area contributed by atoms with Gasteiger partial charge in [0.1, 0.15) is 0 Å². The zero-order chi connectivity index (χ0) is 11.5. The number of ether oxygens (including phenoxy) is 2. The first-order chi connectivity index (χ1) is 7.24. The van der Waals surface area contributed by atoms with E-state index in [-0.39, 0.29) is 6.10 Å². The second kappa shape index (κ2) is 10.4. The summed E-state index contributed by atoms with van der Waals surface area (Å²) in [5, 5.41) is 3.43. The summed E-state index contributed by atoms with van der Waals surface area (Å²) in [5.41, 5.74) is 5.48. The van der Waals surface area contributed by atoms with E-state index in [1.165, 1.54) is 0 Å². The Balaban J connectivity index is 3.63. The molecule has 2 unspecified atom stereocenters. The normalized spacial score (nSPS) is 15.2. The lowest BCUT2D eigenvalue weighted by Crippen LogP contribution is -2.38. The van der Waals surface area contributed by atoms with E-state index in [0.717, 1.165) is 39.1 Å². The SMILES string of the molecule is CCOC(C)CNC(CCCN)COC. The van der Waals surface area contributed by atoms with E-state index in [9.17, 15) is 0 Å². The third kappa shape index (κ3) is 8.81. The van der Waals surface area contributed by atoms with E-state index in [1.54, 1.807) is 7.11 Å². The fourth-order valence-electron chi connectivity index (χ4n) is 1.49. The average Bonchev–Trinajstić information content (AvgIpc) is 2.22. The van der Waals surface area contributed by atoms with Crippen LogP contribution in [0.3, 0.4) is 0 Å². The molecule has 0 aliphatic rings. The van der Waals surface area contributed by atoms with E-state index in [0.29, 0.717) is 6.04 Å². The standard InChI is InChI=1S/C11H26N2O2/c1-4-15-10(2)8-13-11(9-14-3)6-5-7-12/h10-11,13H,4-9,12H2,1-3H3. The smallest absolute Gasteiger partial charge is 0.0671 e. The van der Waals surface area contributed by atoms with Gasteiger partial charge in [-0.25, -0.2) is 0 Å². The van der Waals surface area contributed by atoms with E-state index in [4.69, 9.17) is 15.2 Å². The number of hydrogen-bond acceptors (Lipinski definition) is 4. The van der Waals surface area contributed by atoms with Crippen molar-refractivity contribution in [2.75, 3.05) is 33.4 Å². The number of methoxy groups -OCH3 is 1. The summed E-state index contributed by atoms with van der Waals surface area (Å²) in [6, 6.07) is 0.390. The van der Waals surface area contributed by atoms with Crippen LogP contribution in [0.1, 0.15) is 26.7 Å². The molecule has 0 fully saturated rings. The van der Waals surface area contributed by atoms with Gasteiger partial charge in [0.15, 0.2) is 0 Å². The number of nitrogens with one attached hydrogen (secondary N) is 1. The van der Waals surface area contributed by atoms with Gasteiger partial charge in [-0.1, -0.05) is 0 Å². The van der Waals surface area contributed by atoms with Crippen LogP contribution in [0.15, 0.2) is 0 Å². The fraction of sp³-hybridized carbons (Fsp3) is 1.00. The van der Waals surface area contributed by atoms with E-state index in [2.05, 4.69) is 12.2 Å². The topological polar surface area (TPSA) is 56.5 Å². The molecule has 0 aliphatic carbocycles. The van der Waals surface area contributed by atoms with Gasteiger partial charge in [0.05, 0.1) is 12.7 Å². The Morgan fingerprint density at radius 2 is 2.13 bits per heavy atom. The summed E-state index contributed by atoms with van der Waals surface area (Å²) in [4.78, 5) is 0. The molecule has 0 amide bonds. The molecular formula is C11H26N2O2. The Morgan fingerprint density at radius 3 is 2.67 bits per heavy atom. The summed E-state index contributed by atoms with van der Waals surface area (Å²) in [6.45, 7) is 7.19. The van der Waals surface area contributed by atoms with Crippen LogP contribution in [0.5, 0.6) is 0 Å². The summed E-state index contributed by atoms with van der Waals surface area (Å²) < 4.78 is 10.6. The molecule has 0 radical (unpaired) electrons. The van der Waals surface area contributed by atoms with E-state index >= 15 is 0 Å². The first-order valence-electron chi connectivity index (χ1n) is 5.78. The largest absolute Gasteiger partial charge is 0.383 e. The van der Waals surface area contributed by atoms with Crippen LogP contribution < -0.4 is 11.1 Å². The van der Waals surface area contributed by atoms with Gasteiger partial charge in [0, 0.05) is 26.3 Å². The first-order valence-corrected chi connectivity index (χ1v) is 5.78. The third-order valence-corrected chi connectivity index (χ3v) is 2.27. The van der Waals surface area contributed by atoms with Gasteiger partial charge < -0.3 is 20.5 Å². The molecule has 92 valence electrons. The molecule has 0 bridgehead atoms. The highest BCUT2D eigenvalue weighted by molar-refractivity contribution is 4.68. The van der Waals surface area contributed by atoms with Gasteiger partial charge in [-0.15, -0.1) is 0 Å². The molecule has 0 aromatic rings. The maximum absolute atomic E-state index is 5.48. The van der Waals surface area contributed by atoms with Gasteiger partial charge in [-0.2, -0.15) is 0 Å². The first kappa shape index (κ1) is 14.8. The second-order valence-electron chi connectivity index (χ2n) is 3.76. The number of rotatable bonds is 10. The Bertz CT molecular complexity index is 134. The van der Waals surface area contributed by atoms with Crippen molar-refractivity contribution in [2.24, 2.45) is 5.73 Å². The number of hydrogen-bond donors (Lipinski definition) is 2. The minimum atomic E-state index is 0.257. The highest BCUT2D eigenvalue weighted by Gasteiger charge is 2.09. The van der Waals surface area contributed by atoms with Gasteiger partial charge in [0.25, 0.3) is 0 Å². The average molecular weight is 218 g/mol. The van der Waals surface area contributed by atoms with Crippen molar-refractivity contribution in [1.29, 1.82) is 0 Å². The van der Waals surface area contributed by atoms with Crippen molar-refractivity contribution < 1.29 is 9.47 Å². The molecule has 4 heteroatoms. The monoisotopic (exact) mass is 218 g/mol. The Morgan fingerprint density at radius 1 is 1.40 bits per heavy atom. The summed E-state index contributed by atoms with van der Waals surface area (Å²) in [6.07, 6.45) is 2.35. The maximum atomic E-state index is 5.48. The minimum absolute atomic E-state index is 0.257. The highest BCUT2D eigenvalue weighted by atomic mass is 16.5. The molecule has 0 heterocycles. The third-order valence-electron chi connectivity index (χ3n) is 2.27. The van der Waals surface area contributed by atoms with Crippen LogP contribution in [-0.2, 0) is 9.47 Å². The van der Waals surface area contributed by atoms with Crippen molar-refractivity contribution in [3.63, 3.8) is 0 Å². The van der Waals surface area contributed by atoms with Crippen LogP contribution in [0.4, 0.5) is 0 Å². The molecule has 4 nitrogen and oxygen atoms in total. The van der Waals surface area contributed by atoms with E-state index in [1.807, 2.05) is 6.92 Å². The van der Waals surface area contributed by atoms with Crippen molar-refractivity contribution in [3.8, 4) is 0 Å². The van der Waals surface area contributed by atoms with Crippen molar-refractivity contribution in [1.82, 2.24) is 5.32 Å². The summed E-state index contributed by atoms with van der Waals surface area (Å²) in [5.74, 6) is 0. The van der Waals surface area contributed by atoms with E-state index < -0.39 is 0 Å². The predicted octanol–water partition coefficient (Wildman–Crippen LogP) is 0.755. The Hall–Kier alpha value is -0.160. The minimum Gasteiger partial charge on any atom is -0.383 e. The second-order valence-corrected chi connectivity index (χ2v) is 3.76. The lowest BCUT2D eigenvalue weighted by Gasteiger charge is -2.20. The lowest BCUT2D eigenvalue weighted by atomic mass is 10.1. The molecule has 0 aliphatic heterocycles. The molecule has 15 heavy (non-hydrogen) atoms. The van der Waals surface area contributed by atoms with Gasteiger partial charge in [-0.3, -0.25) is 0 Å². The molecule has 0 saturated heterocycles. The molecule has 0 saturated carbocycles. The predicted molar refractivity (Wildman–Crippen MR) is 63.0 cm³/mol. The van der Waals surface area contributed by atoms with Crippen LogP contribution in [-0.4, -0.2) is 45.6 Å². The molecule has 0 spiro atoms. The van der Waals surface area contributed by atoms with Crippen LogP contribution >= 0.6 is 0 Å². The molecule has 0 rings (SSSR count). The zero-order valence-corrected chi connectivity index (χ0v) is 10.3. The molecule has 0 aromatic carbocycles. The zero-order valence-electron chi connectivity index (χ0n) is 10.3. The molecular weight excluding hydrogens is 192 g/mol. The molecule has 0 aromatic heterocycles. The van der Waals surface area contributed by atoms with Crippen molar-refractivity contribution >= 4 is 0 Å². The number of nitrogens with two attached hydrogens (primary N) is 1. The van der Waals surface area contributed by atoms with Gasteiger partial charge in [0.2, 0.25) is 0 Å². The quantitative estimate of drug-likeness (QED) is 0.568.